The molecular weight excluding hydrogens is 366 g/mol. The minimum Gasteiger partial charge on any atom is -0.497 e. The summed E-state index contributed by atoms with van der Waals surface area (Å²) in [5, 5.41) is 9.74. The molecule has 0 bridgehead atoms. The lowest BCUT2D eigenvalue weighted by atomic mass is 9.87. The summed E-state index contributed by atoms with van der Waals surface area (Å²) in [7, 11) is 1.67. The van der Waals surface area contributed by atoms with E-state index in [2.05, 4.69) is 66.4 Å². The molecule has 0 N–H and O–H groups in total. The number of ether oxygens (including phenoxy) is 1. The normalized spacial score (nSPS) is 11.4. The van der Waals surface area contributed by atoms with Gasteiger partial charge in [-0.2, -0.15) is 0 Å². The molecule has 1 heterocycles. The SMILES string of the molecule is C=CCn1c(SCc2ccc(C(C)(C)C)cc2)nnc1-c1cccc(OC)c1. The van der Waals surface area contributed by atoms with Crippen molar-refractivity contribution < 1.29 is 4.74 Å². The van der Waals surface area contributed by atoms with Gasteiger partial charge in [-0.3, -0.25) is 4.57 Å². The summed E-state index contributed by atoms with van der Waals surface area (Å²) >= 11 is 1.69. The summed E-state index contributed by atoms with van der Waals surface area (Å²) in [4.78, 5) is 0. The van der Waals surface area contributed by atoms with Crippen molar-refractivity contribution in [3.05, 3.63) is 72.3 Å². The second-order valence-electron chi connectivity index (χ2n) is 7.67. The molecule has 146 valence electrons. The van der Waals surface area contributed by atoms with Crippen LogP contribution in [0.5, 0.6) is 5.75 Å². The third-order valence-corrected chi connectivity index (χ3v) is 5.58. The van der Waals surface area contributed by atoms with Gasteiger partial charge in [0.25, 0.3) is 0 Å². The topological polar surface area (TPSA) is 39.9 Å². The Balaban J connectivity index is 1.80. The highest BCUT2D eigenvalue weighted by Gasteiger charge is 2.15. The molecule has 0 amide bonds. The molecule has 0 saturated carbocycles. The molecule has 1 aromatic heterocycles. The minimum atomic E-state index is 0.168. The molecule has 0 spiro atoms. The Labute approximate surface area is 171 Å². The van der Waals surface area contributed by atoms with Crippen molar-refractivity contribution in [2.75, 3.05) is 7.11 Å². The summed E-state index contributed by atoms with van der Waals surface area (Å²) < 4.78 is 7.43. The summed E-state index contributed by atoms with van der Waals surface area (Å²) in [5.74, 6) is 2.47. The number of nitrogens with zero attached hydrogens (tertiary/aromatic N) is 3. The number of methoxy groups -OCH3 is 1. The highest BCUT2D eigenvalue weighted by molar-refractivity contribution is 7.98. The molecule has 4 nitrogen and oxygen atoms in total. The first-order valence-corrected chi connectivity index (χ1v) is 10.3. The van der Waals surface area contributed by atoms with Crippen molar-refractivity contribution in [3.63, 3.8) is 0 Å². The van der Waals surface area contributed by atoms with E-state index >= 15 is 0 Å². The van der Waals surface area contributed by atoms with Gasteiger partial charge in [0.2, 0.25) is 0 Å². The predicted octanol–water partition coefficient (Wildman–Crippen LogP) is 5.73. The number of hydrogen-bond acceptors (Lipinski definition) is 4. The van der Waals surface area contributed by atoms with Gasteiger partial charge in [0.15, 0.2) is 11.0 Å². The summed E-state index contributed by atoms with van der Waals surface area (Å²) in [6, 6.07) is 16.7. The second-order valence-corrected chi connectivity index (χ2v) is 8.62. The zero-order valence-corrected chi connectivity index (χ0v) is 17.8. The molecule has 0 atom stereocenters. The molecule has 0 aliphatic heterocycles. The average molecular weight is 394 g/mol. The van der Waals surface area contributed by atoms with E-state index in [1.165, 1.54) is 11.1 Å². The number of allylic oxidation sites excluding steroid dienone is 1. The monoisotopic (exact) mass is 393 g/mol. The van der Waals surface area contributed by atoms with Gasteiger partial charge in [-0.25, -0.2) is 0 Å². The van der Waals surface area contributed by atoms with E-state index in [0.717, 1.165) is 28.0 Å². The molecular formula is C23H27N3OS. The van der Waals surface area contributed by atoms with E-state index in [1.807, 2.05) is 30.3 Å². The predicted molar refractivity (Wildman–Crippen MR) is 117 cm³/mol. The van der Waals surface area contributed by atoms with Crippen LogP contribution in [0.4, 0.5) is 0 Å². The molecule has 28 heavy (non-hydrogen) atoms. The first kappa shape index (κ1) is 20.2. The third-order valence-electron chi connectivity index (χ3n) is 4.54. The lowest BCUT2D eigenvalue weighted by molar-refractivity contribution is 0.415. The van der Waals surface area contributed by atoms with E-state index < -0.39 is 0 Å². The number of thioether (sulfide) groups is 1. The van der Waals surface area contributed by atoms with Crippen LogP contribution in [0.25, 0.3) is 11.4 Å². The fourth-order valence-corrected chi connectivity index (χ4v) is 3.82. The number of hydrogen-bond donors (Lipinski definition) is 0. The van der Waals surface area contributed by atoms with Crippen molar-refractivity contribution in [2.45, 2.75) is 43.6 Å². The molecule has 0 radical (unpaired) electrons. The highest BCUT2D eigenvalue weighted by Crippen LogP contribution is 2.29. The molecule has 0 unspecified atom stereocenters. The van der Waals surface area contributed by atoms with E-state index in [1.54, 1.807) is 18.9 Å². The van der Waals surface area contributed by atoms with Crippen LogP contribution in [0.3, 0.4) is 0 Å². The lowest BCUT2D eigenvalue weighted by Crippen LogP contribution is -2.10. The zero-order valence-electron chi connectivity index (χ0n) is 17.0. The van der Waals surface area contributed by atoms with Crippen molar-refractivity contribution in [3.8, 4) is 17.1 Å². The standard InChI is InChI=1S/C23H27N3OS/c1-6-14-26-21(18-8-7-9-20(15-18)27-5)24-25-22(26)28-16-17-10-12-19(13-11-17)23(2,3)4/h6-13,15H,1,14,16H2,2-5H3. The van der Waals surface area contributed by atoms with Crippen LogP contribution in [0.2, 0.25) is 0 Å². The first-order valence-electron chi connectivity index (χ1n) is 9.33. The Bertz CT molecular complexity index is 939. The van der Waals surface area contributed by atoms with E-state index in [9.17, 15) is 0 Å². The maximum Gasteiger partial charge on any atom is 0.192 e. The van der Waals surface area contributed by atoms with Crippen LogP contribution in [0, 0.1) is 0 Å². The van der Waals surface area contributed by atoms with Crippen LogP contribution in [-0.2, 0) is 17.7 Å². The smallest absolute Gasteiger partial charge is 0.192 e. The van der Waals surface area contributed by atoms with Crippen molar-refractivity contribution in [1.29, 1.82) is 0 Å². The van der Waals surface area contributed by atoms with Crippen LogP contribution in [0.15, 0.2) is 66.3 Å². The Morgan fingerprint density at radius 1 is 1.11 bits per heavy atom. The van der Waals surface area contributed by atoms with Gasteiger partial charge in [0.05, 0.1) is 7.11 Å². The van der Waals surface area contributed by atoms with Gasteiger partial charge in [-0.15, -0.1) is 16.8 Å². The van der Waals surface area contributed by atoms with Gasteiger partial charge in [-0.05, 0) is 28.7 Å². The molecule has 0 saturated heterocycles. The Kier molecular flexibility index (Phi) is 6.25. The molecule has 0 fully saturated rings. The van der Waals surface area contributed by atoms with Crippen molar-refractivity contribution in [2.24, 2.45) is 0 Å². The van der Waals surface area contributed by atoms with Gasteiger partial charge in [0.1, 0.15) is 5.75 Å². The zero-order chi connectivity index (χ0) is 20.1. The third kappa shape index (κ3) is 4.65. The molecule has 3 rings (SSSR count). The van der Waals surface area contributed by atoms with Gasteiger partial charge < -0.3 is 4.74 Å². The van der Waals surface area contributed by atoms with Crippen molar-refractivity contribution in [1.82, 2.24) is 14.8 Å². The maximum absolute atomic E-state index is 5.34. The fourth-order valence-electron chi connectivity index (χ4n) is 2.91. The molecule has 0 aliphatic rings. The van der Waals surface area contributed by atoms with Crippen LogP contribution in [-0.4, -0.2) is 21.9 Å². The van der Waals surface area contributed by atoms with Crippen LogP contribution < -0.4 is 4.74 Å². The average Bonchev–Trinajstić information content (AvgIpc) is 3.09. The van der Waals surface area contributed by atoms with E-state index in [-0.39, 0.29) is 5.41 Å². The quantitative estimate of drug-likeness (QED) is 0.380. The van der Waals surface area contributed by atoms with Crippen LogP contribution >= 0.6 is 11.8 Å². The Hall–Kier alpha value is -2.53. The molecule has 3 aromatic rings. The van der Waals surface area contributed by atoms with Crippen molar-refractivity contribution >= 4 is 11.8 Å². The summed E-state index contributed by atoms with van der Waals surface area (Å²) in [5.41, 5.74) is 3.77. The van der Waals surface area contributed by atoms with Gasteiger partial charge in [0, 0.05) is 17.9 Å². The summed E-state index contributed by atoms with van der Waals surface area (Å²) in [6.45, 7) is 11.2. The molecule has 2 aromatic carbocycles. The molecule has 5 heteroatoms. The van der Waals surface area contributed by atoms with Gasteiger partial charge >= 0.3 is 0 Å². The Morgan fingerprint density at radius 2 is 1.86 bits per heavy atom. The fraction of sp³-hybridized carbons (Fsp3) is 0.304. The van der Waals surface area contributed by atoms with Crippen LogP contribution in [0.1, 0.15) is 31.9 Å². The molecule has 0 aliphatic carbocycles. The lowest BCUT2D eigenvalue weighted by Gasteiger charge is -2.19. The van der Waals surface area contributed by atoms with E-state index in [0.29, 0.717) is 6.54 Å². The Morgan fingerprint density at radius 3 is 2.50 bits per heavy atom. The van der Waals surface area contributed by atoms with Gasteiger partial charge in [-0.1, -0.05) is 75.0 Å². The number of rotatable bonds is 7. The number of aromatic nitrogens is 3. The maximum atomic E-state index is 5.34. The largest absolute Gasteiger partial charge is 0.497 e. The first-order chi connectivity index (χ1) is 13.4. The minimum absolute atomic E-state index is 0.168. The highest BCUT2D eigenvalue weighted by atomic mass is 32.2. The number of benzene rings is 2. The summed E-state index contributed by atoms with van der Waals surface area (Å²) in [6.07, 6.45) is 1.87. The second kappa shape index (κ2) is 8.65. The van der Waals surface area contributed by atoms with E-state index in [4.69, 9.17) is 4.74 Å².